The summed E-state index contributed by atoms with van der Waals surface area (Å²) in [6.45, 7) is 8.70. The van der Waals surface area contributed by atoms with Crippen LogP contribution in [0.1, 0.15) is 52.9 Å². The lowest BCUT2D eigenvalue weighted by molar-refractivity contribution is -0.133. The van der Waals surface area contributed by atoms with Crippen molar-refractivity contribution in [3.63, 3.8) is 0 Å². The summed E-state index contributed by atoms with van der Waals surface area (Å²) in [5.74, 6) is 2.83. The summed E-state index contributed by atoms with van der Waals surface area (Å²) in [4.78, 5) is 27.2. The van der Waals surface area contributed by atoms with Gasteiger partial charge in [0.25, 0.3) is 0 Å². The summed E-state index contributed by atoms with van der Waals surface area (Å²) < 4.78 is 0. The van der Waals surface area contributed by atoms with Gasteiger partial charge >= 0.3 is 6.03 Å². The molecule has 2 unspecified atom stereocenters. The van der Waals surface area contributed by atoms with E-state index in [2.05, 4.69) is 42.4 Å². The number of carbonyl (C=O) groups is 2. The lowest BCUT2D eigenvalue weighted by atomic mass is 9.52. The predicted molar refractivity (Wildman–Crippen MR) is 127 cm³/mol. The summed E-state index contributed by atoms with van der Waals surface area (Å²) in [7, 11) is 0. The molecule has 0 bridgehead atoms. The van der Waals surface area contributed by atoms with Gasteiger partial charge < -0.3 is 10.6 Å². The van der Waals surface area contributed by atoms with Crippen molar-refractivity contribution < 1.29 is 9.59 Å². The number of nitrogens with zero attached hydrogens (tertiary/aromatic N) is 1. The number of benzene rings is 1. The summed E-state index contributed by atoms with van der Waals surface area (Å²) in [5.41, 5.74) is 1.12. The second kappa shape index (κ2) is 8.02. The van der Waals surface area contributed by atoms with Gasteiger partial charge in [-0.2, -0.15) is 0 Å². The Balaban J connectivity index is 1.26. The van der Waals surface area contributed by atoms with Crippen LogP contribution in [0.3, 0.4) is 0 Å². The lowest BCUT2D eigenvalue weighted by Gasteiger charge is -2.61. The number of piperidine rings is 1. The Morgan fingerprint density at radius 3 is 2.66 bits per heavy atom. The van der Waals surface area contributed by atoms with Gasteiger partial charge in [0, 0.05) is 24.3 Å². The molecule has 7 atom stereocenters. The van der Waals surface area contributed by atoms with Crippen LogP contribution in [-0.2, 0) is 4.79 Å². The maximum Gasteiger partial charge on any atom is 0.319 e. The van der Waals surface area contributed by atoms with Crippen LogP contribution in [0.5, 0.6) is 0 Å². The number of nitrogens with one attached hydrogen (secondary N) is 2. The Hall–Kier alpha value is -2.14. The van der Waals surface area contributed by atoms with Crippen molar-refractivity contribution in [2.24, 2.45) is 29.1 Å². The fourth-order valence-corrected chi connectivity index (χ4v) is 7.89. The number of anilines is 1. The van der Waals surface area contributed by atoms with E-state index in [0.717, 1.165) is 18.8 Å². The van der Waals surface area contributed by atoms with Gasteiger partial charge in [-0.1, -0.05) is 31.2 Å². The number of ketones is 1. The average molecular weight is 436 g/mol. The van der Waals surface area contributed by atoms with Crippen molar-refractivity contribution in [3.05, 3.63) is 42.5 Å². The number of hydrogen-bond acceptors (Lipinski definition) is 3. The summed E-state index contributed by atoms with van der Waals surface area (Å²) >= 11 is 0. The molecule has 1 aromatic rings. The average Bonchev–Trinajstić information content (AvgIpc) is 3.12. The van der Waals surface area contributed by atoms with E-state index in [0.29, 0.717) is 29.1 Å². The Kier molecular flexibility index (Phi) is 5.43. The molecule has 2 aliphatic heterocycles. The zero-order valence-corrected chi connectivity index (χ0v) is 19.6. The highest BCUT2D eigenvalue weighted by Gasteiger charge is 2.59. The first-order valence-corrected chi connectivity index (χ1v) is 12.4. The van der Waals surface area contributed by atoms with Crippen molar-refractivity contribution in [2.45, 2.75) is 64.5 Å². The van der Waals surface area contributed by atoms with Gasteiger partial charge in [-0.05, 0) is 93.2 Å². The fourth-order valence-electron chi connectivity index (χ4n) is 7.89. The standard InChI is InChI=1S/C27H37N3O2/c1-18-24(31)12-15-27(3)23-11-14-26(2)19(9-10-22(26)21(23)13-16-30(18)27)17-28-25(32)29-20-7-5-4-6-8-20/h4-8,12,15,18-19,21-23H,9-11,13-14,16-17H2,1-3H3,(H2,28,29,32)/t18?,19?,21-,22-,23+,26+,27+/m0/s1. The molecule has 0 radical (unpaired) electrons. The summed E-state index contributed by atoms with van der Waals surface area (Å²) in [6, 6.07) is 9.53. The first kappa shape index (κ1) is 21.7. The van der Waals surface area contributed by atoms with E-state index < -0.39 is 0 Å². The maximum absolute atomic E-state index is 12.5. The van der Waals surface area contributed by atoms with Gasteiger partial charge in [0.1, 0.15) is 0 Å². The van der Waals surface area contributed by atoms with Gasteiger partial charge in [0.05, 0.1) is 6.04 Å². The Morgan fingerprint density at radius 1 is 1.09 bits per heavy atom. The Morgan fingerprint density at radius 2 is 1.88 bits per heavy atom. The third-order valence-electron chi connectivity index (χ3n) is 9.71. The molecule has 1 saturated heterocycles. The minimum atomic E-state index is -0.108. The second-order valence-electron chi connectivity index (χ2n) is 11.0. The molecular formula is C27H37N3O2. The SMILES string of the molecule is CC1C(=O)C=C[C@]2(C)[C@@H]3CC[C@]4(C)C(CNC(=O)Nc5ccccc5)CC[C@H]4[C@@H]3CCN12. The smallest absolute Gasteiger partial charge is 0.319 e. The number of para-hydroxylation sites is 1. The molecule has 1 aromatic carbocycles. The zero-order valence-electron chi connectivity index (χ0n) is 19.6. The minimum absolute atomic E-state index is 0.00270. The van der Waals surface area contributed by atoms with Crippen molar-refractivity contribution in [3.8, 4) is 0 Å². The summed E-state index contributed by atoms with van der Waals surface area (Å²) in [6.07, 6.45) is 10.1. The number of hydrogen-bond donors (Lipinski definition) is 2. The molecule has 2 N–H and O–H groups in total. The third kappa shape index (κ3) is 3.40. The Labute approximate surface area is 192 Å². The van der Waals surface area contributed by atoms with Crippen LogP contribution < -0.4 is 10.6 Å². The molecule has 3 fully saturated rings. The maximum atomic E-state index is 12.5. The van der Waals surface area contributed by atoms with Crippen LogP contribution in [0, 0.1) is 29.1 Å². The van der Waals surface area contributed by atoms with E-state index in [-0.39, 0.29) is 23.4 Å². The molecule has 0 aromatic heterocycles. The first-order chi connectivity index (χ1) is 15.3. The molecule has 5 heteroatoms. The number of carbonyl (C=O) groups excluding carboxylic acids is 2. The third-order valence-corrected chi connectivity index (χ3v) is 9.71. The van der Waals surface area contributed by atoms with Crippen LogP contribution in [-0.4, -0.2) is 41.4 Å². The van der Waals surface area contributed by atoms with E-state index >= 15 is 0 Å². The highest BCUT2D eigenvalue weighted by atomic mass is 16.2. The monoisotopic (exact) mass is 435 g/mol. The zero-order chi connectivity index (χ0) is 22.5. The van der Waals surface area contributed by atoms with Gasteiger partial charge in [0.15, 0.2) is 5.78 Å². The molecule has 2 heterocycles. The molecule has 5 nitrogen and oxygen atoms in total. The molecule has 2 saturated carbocycles. The fraction of sp³-hybridized carbons (Fsp3) is 0.630. The predicted octanol–water partition coefficient (Wildman–Crippen LogP) is 4.86. The molecule has 0 spiro atoms. The van der Waals surface area contributed by atoms with Crippen LogP contribution in [0.15, 0.2) is 42.5 Å². The minimum Gasteiger partial charge on any atom is -0.338 e. The van der Waals surface area contributed by atoms with Crippen LogP contribution >= 0.6 is 0 Å². The molecule has 2 amide bonds. The van der Waals surface area contributed by atoms with E-state index in [1.807, 2.05) is 36.4 Å². The number of fused-ring (bicyclic) bond motifs is 5. The largest absolute Gasteiger partial charge is 0.338 e. The van der Waals surface area contributed by atoms with Crippen molar-refractivity contribution >= 4 is 17.5 Å². The van der Waals surface area contributed by atoms with E-state index in [9.17, 15) is 9.59 Å². The molecule has 32 heavy (non-hydrogen) atoms. The van der Waals surface area contributed by atoms with Crippen LogP contribution in [0.2, 0.25) is 0 Å². The van der Waals surface area contributed by atoms with Crippen molar-refractivity contribution in [1.29, 1.82) is 0 Å². The number of urea groups is 1. The normalized spacial score (nSPS) is 40.8. The van der Waals surface area contributed by atoms with E-state index in [1.165, 1.54) is 32.1 Å². The van der Waals surface area contributed by atoms with Gasteiger partial charge in [0.2, 0.25) is 0 Å². The first-order valence-electron chi connectivity index (χ1n) is 12.4. The van der Waals surface area contributed by atoms with Gasteiger partial charge in [-0.15, -0.1) is 0 Å². The summed E-state index contributed by atoms with van der Waals surface area (Å²) in [5, 5.41) is 6.11. The molecular weight excluding hydrogens is 398 g/mol. The topological polar surface area (TPSA) is 61.4 Å². The van der Waals surface area contributed by atoms with Gasteiger partial charge in [-0.25, -0.2) is 4.79 Å². The van der Waals surface area contributed by atoms with Crippen LogP contribution in [0.4, 0.5) is 10.5 Å². The molecule has 172 valence electrons. The highest BCUT2D eigenvalue weighted by molar-refractivity contribution is 5.95. The van der Waals surface area contributed by atoms with Crippen molar-refractivity contribution in [2.75, 3.05) is 18.4 Å². The lowest BCUT2D eigenvalue weighted by Crippen LogP contribution is -2.65. The Bertz CT molecular complexity index is 915. The quantitative estimate of drug-likeness (QED) is 0.713. The number of amides is 2. The highest BCUT2D eigenvalue weighted by Crippen LogP contribution is 2.63. The van der Waals surface area contributed by atoms with E-state index in [1.54, 1.807) is 0 Å². The molecule has 4 aliphatic rings. The van der Waals surface area contributed by atoms with Gasteiger partial charge in [-0.3, -0.25) is 9.69 Å². The van der Waals surface area contributed by atoms with Crippen LogP contribution in [0.25, 0.3) is 0 Å². The second-order valence-corrected chi connectivity index (χ2v) is 11.0. The molecule has 2 aliphatic carbocycles. The van der Waals surface area contributed by atoms with Crippen molar-refractivity contribution in [1.82, 2.24) is 10.2 Å². The van der Waals surface area contributed by atoms with E-state index in [4.69, 9.17) is 0 Å². The molecule has 5 rings (SSSR count). The number of rotatable bonds is 3.